The molecule has 3 rings (SSSR count). The Morgan fingerprint density at radius 1 is 1.55 bits per heavy atom. The van der Waals surface area contributed by atoms with Crippen LogP contribution in [0.5, 0.6) is 0 Å². The van der Waals surface area contributed by atoms with Crippen LogP contribution in [-0.4, -0.2) is 56.9 Å². The Kier molecular flexibility index (Phi) is 4.12. The molecule has 1 aromatic heterocycles. The van der Waals surface area contributed by atoms with Gasteiger partial charge in [0.25, 0.3) is 0 Å². The van der Waals surface area contributed by atoms with Gasteiger partial charge in [-0.1, -0.05) is 6.07 Å². The maximum Gasteiger partial charge on any atom is 0.246 e. The Bertz CT molecular complexity index is 580. The number of amides is 2. The first-order valence-corrected chi connectivity index (χ1v) is 8.61. The number of carbonyl (C=O) groups is 2. The Labute approximate surface area is 135 Å². The summed E-state index contributed by atoms with van der Waals surface area (Å²) in [5.41, 5.74) is 0.977. The van der Waals surface area contributed by atoms with Crippen LogP contribution in [0.2, 0.25) is 0 Å². The van der Waals surface area contributed by atoms with Crippen LogP contribution in [0.15, 0.2) is 24.4 Å². The highest BCUT2D eigenvalue weighted by Crippen LogP contribution is 2.47. The van der Waals surface area contributed by atoms with Gasteiger partial charge in [0.2, 0.25) is 11.8 Å². The number of hydrogen-bond donors (Lipinski definition) is 0. The van der Waals surface area contributed by atoms with Crippen molar-refractivity contribution in [1.82, 2.24) is 14.8 Å². The lowest BCUT2D eigenvalue weighted by Gasteiger charge is -2.31. The zero-order valence-corrected chi connectivity index (χ0v) is 13.8. The van der Waals surface area contributed by atoms with Crippen molar-refractivity contribution in [3.8, 4) is 0 Å². The predicted molar refractivity (Wildman–Crippen MR) is 86.3 cm³/mol. The number of aromatic nitrogens is 1. The van der Waals surface area contributed by atoms with Crippen molar-refractivity contribution in [2.75, 3.05) is 19.3 Å². The van der Waals surface area contributed by atoms with Crippen molar-refractivity contribution in [2.45, 2.75) is 37.1 Å². The van der Waals surface area contributed by atoms with Crippen LogP contribution < -0.4 is 0 Å². The molecule has 0 bridgehead atoms. The van der Waals surface area contributed by atoms with Crippen LogP contribution in [-0.2, 0) is 16.0 Å². The van der Waals surface area contributed by atoms with Gasteiger partial charge in [0.05, 0.1) is 4.87 Å². The van der Waals surface area contributed by atoms with Crippen molar-refractivity contribution in [3.63, 3.8) is 0 Å². The number of fused-ring (bicyclic) bond motifs is 1. The topological polar surface area (TPSA) is 53.5 Å². The third kappa shape index (κ3) is 2.72. The highest BCUT2D eigenvalue weighted by Gasteiger charge is 2.53. The summed E-state index contributed by atoms with van der Waals surface area (Å²) in [5, 5.41) is 0. The second kappa shape index (κ2) is 5.91. The normalized spacial score (nSPS) is 27.1. The summed E-state index contributed by atoms with van der Waals surface area (Å²) in [4.78, 5) is 32.5. The summed E-state index contributed by atoms with van der Waals surface area (Å²) >= 11 is 1.73. The first kappa shape index (κ1) is 15.3. The van der Waals surface area contributed by atoms with Crippen LogP contribution in [0.3, 0.4) is 0 Å². The highest BCUT2D eigenvalue weighted by atomic mass is 32.2. The SMILES string of the molecule is CN(CCc1ccccn1)C(=O)C1CSC2(C)CCC(=O)N12. The third-order valence-electron chi connectivity index (χ3n) is 4.54. The molecular weight excluding hydrogens is 298 g/mol. The van der Waals surface area contributed by atoms with E-state index in [0.29, 0.717) is 18.7 Å². The molecule has 2 aliphatic heterocycles. The zero-order chi connectivity index (χ0) is 15.7. The molecule has 0 aliphatic carbocycles. The van der Waals surface area contributed by atoms with E-state index in [1.807, 2.05) is 30.1 Å². The minimum Gasteiger partial charge on any atom is -0.344 e. The zero-order valence-electron chi connectivity index (χ0n) is 13.0. The Balaban J connectivity index is 1.62. The fourth-order valence-corrected chi connectivity index (χ4v) is 4.62. The van der Waals surface area contributed by atoms with E-state index in [2.05, 4.69) is 11.9 Å². The van der Waals surface area contributed by atoms with Crippen LogP contribution >= 0.6 is 11.8 Å². The Morgan fingerprint density at radius 3 is 3.09 bits per heavy atom. The second-order valence-corrected chi connectivity index (χ2v) is 7.60. The first-order chi connectivity index (χ1) is 10.5. The second-order valence-electron chi connectivity index (χ2n) is 6.10. The Hall–Kier alpha value is -1.56. The lowest BCUT2D eigenvalue weighted by atomic mass is 10.2. The lowest BCUT2D eigenvalue weighted by Crippen LogP contribution is -2.50. The van der Waals surface area contributed by atoms with Gasteiger partial charge in [-0.25, -0.2) is 0 Å². The number of likely N-dealkylation sites (N-methyl/N-ethyl adjacent to an activating group) is 1. The molecule has 0 radical (unpaired) electrons. The van der Waals surface area contributed by atoms with Crippen molar-refractivity contribution in [2.24, 2.45) is 0 Å². The summed E-state index contributed by atoms with van der Waals surface area (Å²) in [5.74, 6) is 0.862. The summed E-state index contributed by atoms with van der Waals surface area (Å²) in [7, 11) is 1.81. The maximum absolute atomic E-state index is 12.7. The van der Waals surface area contributed by atoms with E-state index in [4.69, 9.17) is 0 Å². The average Bonchev–Trinajstić information content (AvgIpc) is 3.02. The Morgan fingerprint density at radius 2 is 2.36 bits per heavy atom. The summed E-state index contributed by atoms with van der Waals surface area (Å²) in [6, 6.07) is 5.49. The molecule has 0 N–H and O–H groups in total. The van der Waals surface area contributed by atoms with Gasteiger partial charge >= 0.3 is 0 Å². The minimum absolute atomic E-state index is 0.0439. The smallest absolute Gasteiger partial charge is 0.246 e. The van der Waals surface area contributed by atoms with Gasteiger partial charge in [-0.05, 0) is 25.5 Å². The molecule has 2 saturated heterocycles. The molecule has 0 saturated carbocycles. The van der Waals surface area contributed by atoms with Crippen LogP contribution in [0.1, 0.15) is 25.5 Å². The minimum atomic E-state index is -0.307. The van der Waals surface area contributed by atoms with Crippen LogP contribution in [0.25, 0.3) is 0 Å². The quantitative estimate of drug-likeness (QED) is 0.845. The fraction of sp³-hybridized carbons (Fsp3) is 0.562. The van der Waals surface area contributed by atoms with Crippen molar-refractivity contribution >= 4 is 23.6 Å². The molecule has 1 aromatic rings. The van der Waals surface area contributed by atoms with Crippen molar-refractivity contribution in [1.29, 1.82) is 0 Å². The van der Waals surface area contributed by atoms with E-state index in [0.717, 1.165) is 18.5 Å². The van der Waals surface area contributed by atoms with Crippen molar-refractivity contribution < 1.29 is 9.59 Å². The molecule has 2 atom stereocenters. The van der Waals surface area contributed by atoms with Gasteiger partial charge in [0, 0.05) is 44.1 Å². The maximum atomic E-state index is 12.7. The van der Waals surface area contributed by atoms with E-state index in [1.54, 1.807) is 22.9 Å². The van der Waals surface area contributed by atoms with Crippen LogP contribution in [0, 0.1) is 0 Å². The number of nitrogens with zero attached hydrogens (tertiary/aromatic N) is 3. The number of carbonyl (C=O) groups excluding carboxylic acids is 2. The lowest BCUT2D eigenvalue weighted by molar-refractivity contribution is -0.142. The number of rotatable bonds is 4. The molecule has 5 nitrogen and oxygen atoms in total. The van der Waals surface area contributed by atoms with E-state index in [-0.39, 0.29) is 22.7 Å². The molecule has 2 amide bonds. The molecule has 3 heterocycles. The van der Waals surface area contributed by atoms with Gasteiger partial charge in [0.1, 0.15) is 6.04 Å². The number of hydrogen-bond acceptors (Lipinski definition) is 4. The van der Waals surface area contributed by atoms with E-state index >= 15 is 0 Å². The number of pyridine rings is 1. The predicted octanol–water partition coefficient (Wildman–Crippen LogP) is 1.54. The van der Waals surface area contributed by atoms with Crippen LogP contribution in [0.4, 0.5) is 0 Å². The monoisotopic (exact) mass is 319 g/mol. The average molecular weight is 319 g/mol. The van der Waals surface area contributed by atoms with E-state index in [9.17, 15) is 9.59 Å². The van der Waals surface area contributed by atoms with Gasteiger partial charge in [-0.15, -0.1) is 11.8 Å². The molecule has 118 valence electrons. The summed E-state index contributed by atoms with van der Waals surface area (Å²) in [6.07, 6.45) is 3.90. The van der Waals surface area contributed by atoms with Gasteiger partial charge < -0.3 is 9.80 Å². The van der Waals surface area contributed by atoms with E-state index < -0.39 is 0 Å². The standard InChI is InChI=1S/C16H21N3O2S/c1-16-8-6-14(20)19(16)13(11-22-16)15(21)18(2)10-7-12-5-3-4-9-17-12/h3-5,9,13H,6-8,10-11H2,1-2H3. The molecule has 0 spiro atoms. The molecular formula is C16H21N3O2S. The highest BCUT2D eigenvalue weighted by molar-refractivity contribution is 8.01. The van der Waals surface area contributed by atoms with Gasteiger partial charge in [0.15, 0.2) is 0 Å². The molecule has 0 aromatic carbocycles. The van der Waals surface area contributed by atoms with Crippen molar-refractivity contribution in [3.05, 3.63) is 30.1 Å². The molecule has 2 aliphatic rings. The molecule has 2 fully saturated rings. The molecule has 22 heavy (non-hydrogen) atoms. The first-order valence-electron chi connectivity index (χ1n) is 7.62. The van der Waals surface area contributed by atoms with Gasteiger partial charge in [-0.2, -0.15) is 0 Å². The van der Waals surface area contributed by atoms with E-state index in [1.165, 1.54) is 0 Å². The summed E-state index contributed by atoms with van der Waals surface area (Å²) in [6.45, 7) is 2.69. The fourth-order valence-electron chi connectivity index (χ4n) is 3.20. The third-order valence-corrected chi connectivity index (χ3v) is 6.04. The molecule has 2 unspecified atom stereocenters. The molecule has 6 heteroatoms. The largest absolute Gasteiger partial charge is 0.344 e. The summed E-state index contributed by atoms with van der Waals surface area (Å²) < 4.78 is 0. The van der Waals surface area contributed by atoms with Gasteiger partial charge in [-0.3, -0.25) is 14.6 Å². The number of thioether (sulfide) groups is 1.